The molecule has 0 amide bonds. The summed E-state index contributed by atoms with van der Waals surface area (Å²) in [4.78, 5) is 17.3. The Labute approximate surface area is 185 Å². The van der Waals surface area contributed by atoms with Gasteiger partial charge in [-0.15, -0.1) is 0 Å². The highest BCUT2D eigenvalue weighted by Gasteiger charge is 2.29. The van der Waals surface area contributed by atoms with Crippen LogP contribution in [0.15, 0.2) is 77.6 Å². The standard InChI is InChI=1S/C25H19N3O.BrH/c26-14-13-17-7-1-2-8-18(17)15-22-20-10-4-3-9-19(20)16-28-23-12-6-5-11-21(23)25(29)27-24(22)28;/h1-12,22H,13,15-16H2;1H/p-1. The quantitative estimate of drug-likeness (QED) is 0.465. The van der Waals surface area contributed by atoms with E-state index in [1.54, 1.807) is 0 Å². The van der Waals surface area contributed by atoms with Gasteiger partial charge in [0.05, 0.1) is 23.4 Å². The van der Waals surface area contributed by atoms with Crippen molar-refractivity contribution in [1.29, 1.82) is 5.26 Å². The fraction of sp³-hybridized carbons (Fsp3) is 0.160. The van der Waals surface area contributed by atoms with Crippen molar-refractivity contribution in [3.8, 4) is 6.07 Å². The molecule has 3 aromatic carbocycles. The number of nitrogens with zero attached hydrogens (tertiary/aromatic N) is 3. The lowest BCUT2D eigenvalue weighted by atomic mass is 9.84. The number of rotatable bonds is 3. The zero-order chi connectivity index (χ0) is 19.8. The van der Waals surface area contributed by atoms with Crippen LogP contribution in [0.25, 0.3) is 10.9 Å². The number of para-hydroxylation sites is 1. The van der Waals surface area contributed by atoms with Crippen LogP contribution in [0, 0.1) is 11.3 Å². The molecule has 4 aromatic rings. The van der Waals surface area contributed by atoms with E-state index in [4.69, 9.17) is 0 Å². The molecule has 0 bridgehead atoms. The summed E-state index contributed by atoms with van der Waals surface area (Å²) in [7, 11) is 0. The average molecular weight is 457 g/mol. The minimum Gasteiger partial charge on any atom is -1.00 e. The van der Waals surface area contributed by atoms with Gasteiger partial charge in [0.2, 0.25) is 0 Å². The van der Waals surface area contributed by atoms with Gasteiger partial charge in [0.25, 0.3) is 5.56 Å². The molecular formula is C25H19BrN3O-. The average Bonchev–Trinajstić information content (AvgIpc) is 2.76. The van der Waals surface area contributed by atoms with Gasteiger partial charge in [0.1, 0.15) is 5.82 Å². The van der Waals surface area contributed by atoms with Gasteiger partial charge in [-0.25, -0.2) is 0 Å². The zero-order valence-corrected chi connectivity index (χ0v) is 17.8. The first-order valence-electron chi connectivity index (χ1n) is 9.77. The van der Waals surface area contributed by atoms with Crippen LogP contribution in [0.4, 0.5) is 0 Å². The molecule has 0 saturated carbocycles. The third-order valence-corrected chi connectivity index (χ3v) is 5.80. The molecule has 1 aromatic heterocycles. The molecule has 1 aliphatic rings. The fourth-order valence-electron chi connectivity index (χ4n) is 4.43. The van der Waals surface area contributed by atoms with Gasteiger partial charge in [0.15, 0.2) is 0 Å². The smallest absolute Gasteiger partial charge is 0.280 e. The van der Waals surface area contributed by atoms with Crippen molar-refractivity contribution in [2.24, 2.45) is 0 Å². The van der Waals surface area contributed by atoms with E-state index in [9.17, 15) is 10.1 Å². The molecule has 0 N–H and O–H groups in total. The third kappa shape index (κ3) is 3.34. The number of fused-ring (bicyclic) bond motifs is 4. The Morgan fingerprint density at radius 1 is 0.967 bits per heavy atom. The first kappa shape index (κ1) is 20.1. The van der Waals surface area contributed by atoms with Crippen LogP contribution in [-0.4, -0.2) is 9.55 Å². The topological polar surface area (TPSA) is 58.7 Å². The molecular weight excluding hydrogens is 438 g/mol. The van der Waals surface area contributed by atoms with Crippen LogP contribution >= 0.6 is 0 Å². The van der Waals surface area contributed by atoms with Crippen LogP contribution in [0.3, 0.4) is 0 Å². The summed E-state index contributed by atoms with van der Waals surface area (Å²) >= 11 is 0. The maximum Gasteiger partial charge on any atom is 0.280 e. The Bertz CT molecular complexity index is 1340. The number of hydrogen-bond acceptors (Lipinski definition) is 3. The summed E-state index contributed by atoms with van der Waals surface area (Å²) in [6.45, 7) is 0.704. The zero-order valence-electron chi connectivity index (χ0n) is 16.3. The van der Waals surface area contributed by atoms with Crippen LogP contribution in [0.5, 0.6) is 0 Å². The molecule has 5 rings (SSSR count). The SMILES string of the molecule is N#CCc1ccccc1CC1c2ccccc2Cn2c1nc(=O)c1ccccc12.[Br-]. The van der Waals surface area contributed by atoms with E-state index < -0.39 is 0 Å². The molecule has 0 radical (unpaired) electrons. The summed E-state index contributed by atoms with van der Waals surface area (Å²) in [6, 6.07) is 26.4. The van der Waals surface area contributed by atoms with Gasteiger partial charge >= 0.3 is 0 Å². The van der Waals surface area contributed by atoms with E-state index in [1.165, 1.54) is 11.1 Å². The van der Waals surface area contributed by atoms with E-state index in [0.29, 0.717) is 24.8 Å². The predicted octanol–water partition coefficient (Wildman–Crippen LogP) is 1.20. The van der Waals surface area contributed by atoms with Crippen molar-refractivity contribution < 1.29 is 17.0 Å². The van der Waals surface area contributed by atoms with Crippen LogP contribution in [0.1, 0.15) is 34.0 Å². The van der Waals surface area contributed by atoms with Gasteiger partial charge in [0, 0.05) is 12.5 Å². The maximum absolute atomic E-state index is 12.8. The third-order valence-electron chi connectivity index (χ3n) is 5.80. The lowest BCUT2D eigenvalue weighted by molar-refractivity contribution is -0.00000605. The Morgan fingerprint density at radius 3 is 2.50 bits per heavy atom. The second-order valence-electron chi connectivity index (χ2n) is 7.44. The van der Waals surface area contributed by atoms with Gasteiger partial charge in [-0.1, -0.05) is 60.7 Å². The highest BCUT2D eigenvalue weighted by molar-refractivity contribution is 5.78. The second-order valence-corrected chi connectivity index (χ2v) is 7.44. The number of aromatic nitrogens is 2. The molecule has 5 heteroatoms. The number of benzene rings is 3. The summed E-state index contributed by atoms with van der Waals surface area (Å²) in [5.74, 6) is 0.774. The monoisotopic (exact) mass is 456 g/mol. The minimum atomic E-state index is -0.179. The van der Waals surface area contributed by atoms with Gasteiger partial charge in [-0.05, 0) is 40.8 Å². The van der Waals surface area contributed by atoms with Crippen LogP contribution in [-0.2, 0) is 19.4 Å². The van der Waals surface area contributed by atoms with Crippen molar-refractivity contribution in [2.45, 2.75) is 25.3 Å². The van der Waals surface area contributed by atoms with E-state index in [0.717, 1.165) is 22.5 Å². The second kappa shape index (κ2) is 8.25. The predicted molar refractivity (Wildman–Crippen MR) is 113 cm³/mol. The van der Waals surface area contributed by atoms with E-state index in [-0.39, 0.29) is 28.5 Å². The van der Waals surface area contributed by atoms with Gasteiger partial charge in [-0.2, -0.15) is 10.2 Å². The molecule has 4 nitrogen and oxygen atoms in total. The van der Waals surface area contributed by atoms with Crippen LogP contribution in [0.2, 0.25) is 0 Å². The first-order valence-corrected chi connectivity index (χ1v) is 9.77. The first-order chi connectivity index (χ1) is 14.3. The number of halogens is 1. The summed E-state index contributed by atoms with van der Waals surface area (Å²) < 4.78 is 2.18. The van der Waals surface area contributed by atoms with Crippen molar-refractivity contribution in [3.05, 3.63) is 111 Å². The lowest BCUT2D eigenvalue weighted by Crippen LogP contribution is -3.00. The molecule has 148 valence electrons. The Kier molecular flexibility index (Phi) is 5.52. The van der Waals surface area contributed by atoms with Crippen molar-refractivity contribution >= 4 is 10.9 Å². The molecule has 0 saturated heterocycles. The van der Waals surface area contributed by atoms with Crippen molar-refractivity contribution in [2.75, 3.05) is 0 Å². The molecule has 1 unspecified atom stereocenters. The highest BCUT2D eigenvalue weighted by Crippen LogP contribution is 2.36. The molecule has 0 aliphatic carbocycles. The fourth-order valence-corrected chi connectivity index (χ4v) is 4.43. The maximum atomic E-state index is 12.8. The number of hydrogen-bond donors (Lipinski definition) is 0. The number of nitriles is 1. The Morgan fingerprint density at radius 2 is 1.67 bits per heavy atom. The molecule has 1 atom stereocenters. The van der Waals surface area contributed by atoms with Gasteiger partial charge in [-0.3, -0.25) is 4.79 Å². The summed E-state index contributed by atoms with van der Waals surface area (Å²) in [6.07, 6.45) is 1.09. The minimum absolute atomic E-state index is 0. The van der Waals surface area contributed by atoms with Crippen molar-refractivity contribution in [1.82, 2.24) is 9.55 Å². The lowest BCUT2D eigenvalue weighted by Gasteiger charge is -2.30. The molecule has 2 heterocycles. The summed E-state index contributed by atoms with van der Waals surface area (Å²) in [5, 5.41) is 9.86. The Balaban J connectivity index is 0.00000218. The largest absolute Gasteiger partial charge is 1.00 e. The molecule has 0 spiro atoms. The van der Waals surface area contributed by atoms with Crippen molar-refractivity contribution in [3.63, 3.8) is 0 Å². The molecule has 1 aliphatic heterocycles. The normalized spacial score (nSPS) is 14.3. The van der Waals surface area contributed by atoms with E-state index in [1.807, 2.05) is 48.5 Å². The molecule has 0 fully saturated rings. The Hall–Kier alpha value is -3.23. The van der Waals surface area contributed by atoms with Gasteiger partial charge < -0.3 is 21.5 Å². The highest BCUT2D eigenvalue weighted by atomic mass is 79.9. The van der Waals surface area contributed by atoms with E-state index >= 15 is 0 Å². The van der Waals surface area contributed by atoms with Crippen LogP contribution < -0.4 is 22.5 Å². The van der Waals surface area contributed by atoms with E-state index in [2.05, 4.69) is 39.9 Å². The summed E-state index contributed by atoms with van der Waals surface area (Å²) in [5.41, 5.74) is 5.37. The molecule has 30 heavy (non-hydrogen) atoms.